The molecule has 6 heteroatoms. The monoisotopic (exact) mass is 346 g/mol. The van der Waals surface area contributed by atoms with E-state index in [4.69, 9.17) is 9.47 Å². The van der Waals surface area contributed by atoms with E-state index in [1.54, 1.807) is 18.4 Å². The molecule has 0 unspecified atom stereocenters. The number of nitrogens with zero attached hydrogens (tertiary/aromatic N) is 1. The van der Waals surface area contributed by atoms with Gasteiger partial charge in [0.15, 0.2) is 0 Å². The summed E-state index contributed by atoms with van der Waals surface area (Å²) in [4.78, 5) is 14.5. The normalized spacial score (nSPS) is 20.7. The van der Waals surface area contributed by atoms with Gasteiger partial charge in [-0.1, -0.05) is 6.07 Å². The zero-order valence-corrected chi connectivity index (χ0v) is 14.9. The molecule has 1 aromatic carbocycles. The van der Waals surface area contributed by atoms with Crippen LogP contribution in [-0.2, 0) is 4.74 Å². The minimum Gasteiger partial charge on any atom is -0.497 e. The van der Waals surface area contributed by atoms with Gasteiger partial charge in [0.05, 0.1) is 19.8 Å². The van der Waals surface area contributed by atoms with Gasteiger partial charge in [-0.2, -0.15) is 11.3 Å². The van der Waals surface area contributed by atoms with Crippen LogP contribution < -0.4 is 10.1 Å². The number of benzene rings is 1. The first-order chi connectivity index (χ1) is 11.6. The summed E-state index contributed by atoms with van der Waals surface area (Å²) in [6.07, 6.45) is -0.0713. The molecule has 0 radical (unpaired) electrons. The summed E-state index contributed by atoms with van der Waals surface area (Å²) in [6.45, 7) is 5.09. The van der Waals surface area contributed by atoms with Gasteiger partial charge in [-0.25, -0.2) is 4.79 Å². The Morgan fingerprint density at radius 1 is 1.38 bits per heavy atom. The maximum atomic E-state index is 12.7. The van der Waals surface area contributed by atoms with Gasteiger partial charge in [0, 0.05) is 18.3 Å². The predicted molar refractivity (Wildman–Crippen MR) is 95.9 cm³/mol. The van der Waals surface area contributed by atoms with Crippen LogP contribution in [-0.4, -0.2) is 37.2 Å². The van der Waals surface area contributed by atoms with E-state index >= 15 is 0 Å². The lowest BCUT2D eigenvalue weighted by Gasteiger charge is -2.36. The quantitative estimate of drug-likeness (QED) is 0.912. The van der Waals surface area contributed by atoms with Crippen molar-refractivity contribution >= 4 is 23.1 Å². The standard InChI is InChI=1S/C18H22N2O3S/c1-12-4-5-15(22-3)8-16(12)19-18(21)20-9-13(2)23-17(10-20)14-6-7-24-11-14/h4-8,11,13,17H,9-10H2,1-3H3,(H,19,21)/t13-,17+/m0/s1. The highest BCUT2D eigenvalue weighted by Crippen LogP contribution is 2.28. The topological polar surface area (TPSA) is 50.8 Å². The molecule has 0 saturated carbocycles. The van der Waals surface area contributed by atoms with Crippen molar-refractivity contribution in [2.45, 2.75) is 26.1 Å². The van der Waals surface area contributed by atoms with Crippen LogP contribution >= 0.6 is 11.3 Å². The van der Waals surface area contributed by atoms with E-state index in [1.807, 2.05) is 42.3 Å². The number of hydrogen-bond acceptors (Lipinski definition) is 4. The third kappa shape index (κ3) is 3.71. The second-order valence-corrected chi connectivity index (χ2v) is 6.79. The highest BCUT2D eigenvalue weighted by Gasteiger charge is 2.29. The van der Waals surface area contributed by atoms with Crippen LogP contribution in [0.15, 0.2) is 35.0 Å². The van der Waals surface area contributed by atoms with Gasteiger partial charge in [0.2, 0.25) is 0 Å². The Balaban J connectivity index is 1.72. The number of hydrogen-bond donors (Lipinski definition) is 1. The molecular weight excluding hydrogens is 324 g/mol. The number of ether oxygens (including phenoxy) is 2. The van der Waals surface area contributed by atoms with E-state index in [9.17, 15) is 4.79 Å². The SMILES string of the molecule is COc1ccc(C)c(NC(=O)N2C[C@H](C)O[C@@H](c3ccsc3)C2)c1. The molecule has 24 heavy (non-hydrogen) atoms. The fourth-order valence-corrected chi connectivity index (χ4v) is 3.52. The van der Waals surface area contributed by atoms with Crippen molar-refractivity contribution in [3.63, 3.8) is 0 Å². The van der Waals surface area contributed by atoms with Crippen molar-refractivity contribution in [3.8, 4) is 5.75 Å². The van der Waals surface area contributed by atoms with Gasteiger partial charge >= 0.3 is 6.03 Å². The number of urea groups is 1. The Kier molecular flexibility index (Phi) is 5.06. The number of nitrogens with one attached hydrogen (secondary N) is 1. The van der Waals surface area contributed by atoms with Gasteiger partial charge in [0.1, 0.15) is 11.9 Å². The Hall–Kier alpha value is -2.05. The molecule has 0 aliphatic carbocycles. The Morgan fingerprint density at radius 3 is 2.92 bits per heavy atom. The van der Waals surface area contributed by atoms with Gasteiger partial charge in [-0.3, -0.25) is 0 Å². The average Bonchev–Trinajstić information content (AvgIpc) is 3.11. The minimum atomic E-state index is -0.110. The van der Waals surface area contributed by atoms with Crippen LogP contribution in [0, 0.1) is 6.92 Å². The number of aryl methyl sites for hydroxylation is 1. The molecular formula is C18H22N2O3S. The largest absolute Gasteiger partial charge is 0.497 e. The molecule has 2 atom stereocenters. The van der Waals surface area contributed by atoms with E-state index < -0.39 is 0 Å². The molecule has 1 aromatic heterocycles. The summed E-state index contributed by atoms with van der Waals surface area (Å²) in [5.74, 6) is 0.724. The van der Waals surface area contributed by atoms with Crippen molar-refractivity contribution in [1.82, 2.24) is 4.90 Å². The number of thiophene rings is 1. The van der Waals surface area contributed by atoms with Gasteiger partial charge in [-0.15, -0.1) is 0 Å². The first-order valence-electron chi connectivity index (χ1n) is 7.95. The van der Waals surface area contributed by atoms with Gasteiger partial charge in [-0.05, 0) is 47.9 Å². The zero-order chi connectivity index (χ0) is 17.1. The number of rotatable bonds is 3. The number of morpholine rings is 1. The lowest BCUT2D eigenvalue weighted by atomic mass is 10.1. The van der Waals surface area contributed by atoms with Crippen molar-refractivity contribution in [1.29, 1.82) is 0 Å². The molecule has 1 aliphatic rings. The molecule has 0 bridgehead atoms. The van der Waals surface area contributed by atoms with Crippen molar-refractivity contribution < 1.29 is 14.3 Å². The predicted octanol–water partition coefficient (Wildman–Crippen LogP) is 4.06. The van der Waals surface area contributed by atoms with Crippen LogP contribution in [0.1, 0.15) is 24.2 Å². The zero-order valence-electron chi connectivity index (χ0n) is 14.1. The minimum absolute atomic E-state index is 0.000747. The first-order valence-corrected chi connectivity index (χ1v) is 8.89. The van der Waals surface area contributed by atoms with Gasteiger partial charge in [0.25, 0.3) is 0 Å². The van der Waals surface area contributed by atoms with E-state index in [1.165, 1.54) is 0 Å². The number of amides is 2. The van der Waals surface area contributed by atoms with Crippen molar-refractivity contribution in [2.75, 3.05) is 25.5 Å². The van der Waals surface area contributed by atoms with Crippen LogP contribution in [0.3, 0.4) is 0 Å². The summed E-state index contributed by atoms with van der Waals surface area (Å²) >= 11 is 1.64. The van der Waals surface area contributed by atoms with Crippen molar-refractivity contribution in [2.24, 2.45) is 0 Å². The van der Waals surface area contributed by atoms with Crippen molar-refractivity contribution in [3.05, 3.63) is 46.2 Å². The lowest BCUT2D eigenvalue weighted by Crippen LogP contribution is -2.47. The van der Waals surface area contributed by atoms with Crippen LogP contribution in [0.5, 0.6) is 5.75 Å². The van der Waals surface area contributed by atoms with Gasteiger partial charge < -0.3 is 19.7 Å². The maximum Gasteiger partial charge on any atom is 0.322 e. The average molecular weight is 346 g/mol. The second-order valence-electron chi connectivity index (χ2n) is 6.01. The Bertz CT molecular complexity index is 702. The third-order valence-corrected chi connectivity index (χ3v) is 4.85. The number of carbonyl (C=O) groups is 1. The summed E-state index contributed by atoms with van der Waals surface area (Å²) < 4.78 is 11.2. The van der Waals surface area contributed by atoms with E-state index in [0.717, 1.165) is 22.6 Å². The van der Waals surface area contributed by atoms with E-state index in [2.05, 4.69) is 16.8 Å². The summed E-state index contributed by atoms with van der Waals surface area (Å²) in [7, 11) is 1.62. The Labute approximate surface area is 146 Å². The highest BCUT2D eigenvalue weighted by atomic mass is 32.1. The van der Waals surface area contributed by atoms with Crippen LogP contribution in [0.25, 0.3) is 0 Å². The molecule has 2 heterocycles. The number of anilines is 1. The first kappa shape index (κ1) is 16.8. The lowest BCUT2D eigenvalue weighted by molar-refractivity contribution is -0.0640. The molecule has 2 amide bonds. The molecule has 3 rings (SSSR count). The summed E-state index contributed by atoms with van der Waals surface area (Å²) in [5.41, 5.74) is 2.90. The molecule has 1 fully saturated rings. The fraction of sp³-hybridized carbons (Fsp3) is 0.389. The molecule has 1 saturated heterocycles. The molecule has 1 N–H and O–H groups in total. The van der Waals surface area contributed by atoms with E-state index in [-0.39, 0.29) is 18.2 Å². The second kappa shape index (κ2) is 7.23. The smallest absolute Gasteiger partial charge is 0.322 e. The summed E-state index contributed by atoms with van der Waals surface area (Å²) in [5, 5.41) is 7.10. The third-order valence-electron chi connectivity index (χ3n) is 4.15. The Morgan fingerprint density at radius 2 is 2.21 bits per heavy atom. The molecule has 128 valence electrons. The molecule has 0 spiro atoms. The molecule has 2 aromatic rings. The molecule has 1 aliphatic heterocycles. The number of carbonyl (C=O) groups excluding carboxylic acids is 1. The fourth-order valence-electron chi connectivity index (χ4n) is 2.82. The summed E-state index contributed by atoms with van der Waals surface area (Å²) in [6, 6.07) is 7.60. The van der Waals surface area contributed by atoms with Crippen LogP contribution in [0.4, 0.5) is 10.5 Å². The number of methoxy groups -OCH3 is 1. The van der Waals surface area contributed by atoms with E-state index in [0.29, 0.717) is 13.1 Å². The molecule has 5 nitrogen and oxygen atoms in total. The maximum absolute atomic E-state index is 12.7. The van der Waals surface area contributed by atoms with Crippen LogP contribution in [0.2, 0.25) is 0 Å². The highest BCUT2D eigenvalue weighted by molar-refractivity contribution is 7.07.